The summed E-state index contributed by atoms with van der Waals surface area (Å²) in [5.41, 5.74) is 0.843. The van der Waals surface area contributed by atoms with Crippen molar-refractivity contribution in [3.8, 4) is 0 Å². The maximum Gasteiger partial charge on any atom is 0.407 e. The molecule has 0 aliphatic carbocycles. The fraction of sp³-hybridized carbons (Fsp3) is 0.524. The van der Waals surface area contributed by atoms with E-state index in [9.17, 15) is 9.70 Å². The van der Waals surface area contributed by atoms with E-state index in [1.165, 1.54) is 7.11 Å². The topological polar surface area (TPSA) is 83.8 Å². The number of benzene rings is 1. The predicted octanol–water partition coefficient (Wildman–Crippen LogP) is 4.46. The van der Waals surface area contributed by atoms with E-state index in [1.807, 2.05) is 26.8 Å². The van der Waals surface area contributed by atoms with Crippen LogP contribution in [0, 0.1) is 4.91 Å². The molecule has 1 aliphatic rings. The number of fused-ring (bicyclic) bond motifs is 1. The number of hydrogen-bond acceptors (Lipinski definition) is 6. The minimum atomic E-state index is -0.507. The maximum absolute atomic E-state index is 12.3. The number of amides is 1. The normalized spacial score (nSPS) is 15.8. The largest absolute Gasteiger partial charge is 0.444 e. The fourth-order valence-corrected chi connectivity index (χ4v) is 4.02. The van der Waals surface area contributed by atoms with Crippen LogP contribution in [0.25, 0.3) is 10.8 Å². The van der Waals surface area contributed by atoms with Gasteiger partial charge >= 0.3 is 11.8 Å². The summed E-state index contributed by atoms with van der Waals surface area (Å²) in [6, 6.07) is 3.89. The smallest absolute Gasteiger partial charge is 0.407 e. The first-order chi connectivity index (χ1) is 14.2. The molecule has 162 valence electrons. The molecular formula is C21H28BrN4O4+. The average Bonchev–Trinajstić information content (AvgIpc) is 2.67. The van der Waals surface area contributed by atoms with Crippen molar-refractivity contribution in [1.29, 1.82) is 0 Å². The van der Waals surface area contributed by atoms with Gasteiger partial charge in [0.15, 0.2) is 7.11 Å². The van der Waals surface area contributed by atoms with Crippen molar-refractivity contribution >= 4 is 38.5 Å². The molecule has 2 aromatic rings. The van der Waals surface area contributed by atoms with E-state index in [2.05, 4.69) is 31.1 Å². The van der Waals surface area contributed by atoms with Gasteiger partial charge in [0.25, 0.3) is 4.92 Å². The van der Waals surface area contributed by atoms with E-state index in [0.717, 1.165) is 46.7 Å². The Labute approximate surface area is 184 Å². The molecule has 30 heavy (non-hydrogen) atoms. The van der Waals surface area contributed by atoms with Gasteiger partial charge in [-0.05, 0) is 61.0 Å². The SMILES string of the molecule is CO[N+](=O)c1cc2cncc(Br)c2cc1CN1CCC(NC(=O)OC(C)(C)C)CC1. The summed E-state index contributed by atoms with van der Waals surface area (Å²) in [6.45, 7) is 7.78. The standard InChI is InChI=1S/C21H27BrN4O4/c1-21(2,3)30-20(27)24-16-5-7-25(8-6-16)13-15-9-17-14(11-23-12-18(17)22)10-19(15)26(28)29-4/h9-12,16H,5-8,13H2,1-4H3/p+1. The predicted molar refractivity (Wildman–Crippen MR) is 117 cm³/mol. The monoisotopic (exact) mass is 479 g/mol. The van der Waals surface area contributed by atoms with E-state index in [-0.39, 0.29) is 12.1 Å². The van der Waals surface area contributed by atoms with Gasteiger partial charge in [0, 0.05) is 59.6 Å². The molecule has 1 aromatic carbocycles. The molecule has 3 rings (SSSR count). The van der Waals surface area contributed by atoms with Gasteiger partial charge in [0.2, 0.25) is 0 Å². The van der Waals surface area contributed by atoms with Gasteiger partial charge in [-0.25, -0.2) is 9.63 Å². The van der Waals surface area contributed by atoms with Crippen molar-refractivity contribution in [3.05, 3.63) is 39.5 Å². The lowest BCUT2D eigenvalue weighted by atomic mass is 10.0. The molecule has 0 bridgehead atoms. The highest BCUT2D eigenvalue weighted by Gasteiger charge is 2.27. The lowest BCUT2D eigenvalue weighted by Crippen LogP contribution is -2.45. The molecule has 0 unspecified atom stereocenters. The van der Waals surface area contributed by atoms with E-state index in [0.29, 0.717) is 17.2 Å². The third kappa shape index (κ3) is 5.66. The fourth-order valence-electron chi connectivity index (χ4n) is 3.56. The van der Waals surface area contributed by atoms with Crippen molar-refractivity contribution in [1.82, 2.24) is 15.2 Å². The molecule has 0 radical (unpaired) electrons. The number of likely N-dealkylation sites (tertiary alicyclic amines) is 1. The summed E-state index contributed by atoms with van der Waals surface area (Å²) in [5.74, 6) is 0. The molecule has 1 N–H and O–H groups in total. The Balaban J connectivity index is 1.69. The zero-order valence-corrected chi connectivity index (χ0v) is 19.4. The molecule has 1 saturated heterocycles. The molecule has 1 fully saturated rings. The van der Waals surface area contributed by atoms with Crippen LogP contribution in [0.1, 0.15) is 39.2 Å². The number of rotatable bonds is 5. The first kappa shape index (κ1) is 22.4. The quantitative estimate of drug-likeness (QED) is 0.637. The van der Waals surface area contributed by atoms with Crippen LogP contribution in [0.4, 0.5) is 10.5 Å². The van der Waals surface area contributed by atoms with Gasteiger partial charge in [0.1, 0.15) is 5.60 Å². The maximum atomic E-state index is 12.3. The number of nitrogens with zero attached hydrogens (tertiary/aromatic N) is 3. The Morgan fingerprint density at radius 1 is 1.30 bits per heavy atom. The second-order valence-electron chi connectivity index (χ2n) is 8.46. The van der Waals surface area contributed by atoms with E-state index >= 15 is 0 Å². The number of ether oxygens (including phenoxy) is 1. The van der Waals surface area contributed by atoms with Gasteiger partial charge in [-0.1, -0.05) is 0 Å². The van der Waals surface area contributed by atoms with Crippen LogP contribution in [0.5, 0.6) is 0 Å². The van der Waals surface area contributed by atoms with E-state index in [4.69, 9.17) is 9.57 Å². The molecule has 1 amide bonds. The molecule has 0 atom stereocenters. The molecule has 0 saturated carbocycles. The number of carbonyl (C=O) groups is 1. The second kappa shape index (κ2) is 9.26. The van der Waals surface area contributed by atoms with Crippen molar-refractivity contribution < 1.29 is 19.3 Å². The molecule has 8 nitrogen and oxygen atoms in total. The van der Waals surface area contributed by atoms with Gasteiger partial charge in [-0.15, -0.1) is 0 Å². The van der Waals surface area contributed by atoms with Crippen LogP contribution < -0.4 is 5.32 Å². The average molecular weight is 480 g/mol. The van der Waals surface area contributed by atoms with Crippen LogP contribution in [0.2, 0.25) is 0 Å². The zero-order chi connectivity index (χ0) is 21.9. The molecule has 1 aliphatic heterocycles. The van der Waals surface area contributed by atoms with E-state index in [1.54, 1.807) is 18.5 Å². The number of aromatic nitrogens is 1. The highest BCUT2D eigenvalue weighted by molar-refractivity contribution is 9.10. The second-order valence-corrected chi connectivity index (χ2v) is 9.31. The van der Waals surface area contributed by atoms with Crippen molar-refractivity contribution in [2.75, 3.05) is 20.2 Å². The number of hydrogen-bond donors (Lipinski definition) is 1. The summed E-state index contributed by atoms with van der Waals surface area (Å²) in [6.07, 6.45) is 4.73. The van der Waals surface area contributed by atoms with Crippen LogP contribution in [-0.2, 0) is 16.1 Å². The van der Waals surface area contributed by atoms with Gasteiger partial charge in [-0.3, -0.25) is 9.88 Å². The van der Waals surface area contributed by atoms with Gasteiger partial charge in [0.05, 0.1) is 4.91 Å². The Hall–Kier alpha value is -2.26. The van der Waals surface area contributed by atoms with E-state index < -0.39 is 5.60 Å². The Morgan fingerprint density at radius 2 is 2.00 bits per heavy atom. The number of piperidine rings is 1. The van der Waals surface area contributed by atoms with Crippen LogP contribution in [-0.4, -0.2) is 52.7 Å². The summed E-state index contributed by atoms with van der Waals surface area (Å²) in [4.78, 5) is 36.2. The number of nitrogens with one attached hydrogen (secondary N) is 1. The minimum Gasteiger partial charge on any atom is -0.444 e. The minimum absolute atomic E-state index is 0.0855. The summed E-state index contributed by atoms with van der Waals surface area (Å²) in [7, 11) is 1.36. The molecule has 1 aromatic heterocycles. The lowest BCUT2D eigenvalue weighted by molar-refractivity contribution is -0.737. The van der Waals surface area contributed by atoms with Crippen LogP contribution in [0.3, 0.4) is 0 Å². The molecule has 2 heterocycles. The zero-order valence-electron chi connectivity index (χ0n) is 17.8. The summed E-state index contributed by atoms with van der Waals surface area (Å²) < 4.78 is 6.22. The van der Waals surface area contributed by atoms with Crippen LogP contribution >= 0.6 is 15.9 Å². The third-order valence-corrected chi connectivity index (χ3v) is 5.61. The molecule has 0 spiro atoms. The van der Waals surface area contributed by atoms with Gasteiger partial charge in [-0.2, -0.15) is 0 Å². The highest BCUT2D eigenvalue weighted by atomic mass is 79.9. The Bertz CT molecular complexity index is 936. The Morgan fingerprint density at radius 3 is 2.63 bits per heavy atom. The summed E-state index contributed by atoms with van der Waals surface area (Å²) in [5, 5.41) is 4.81. The first-order valence-corrected chi connectivity index (χ1v) is 10.7. The number of pyridine rings is 1. The van der Waals surface area contributed by atoms with Crippen molar-refractivity contribution in [2.24, 2.45) is 0 Å². The Kier molecular flexibility index (Phi) is 6.92. The number of carbonyl (C=O) groups excluding carboxylic acids is 1. The highest BCUT2D eigenvalue weighted by Crippen LogP contribution is 2.31. The number of halogens is 1. The summed E-state index contributed by atoms with van der Waals surface area (Å²) >= 11 is 3.54. The van der Waals surface area contributed by atoms with Crippen LogP contribution in [0.15, 0.2) is 29.0 Å². The van der Waals surface area contributed by atoms with Gasteiger partial charge < -0.3 is 10.1 Å². The first-order valence-electron chi connectivity index (χ1n) is 9.95. The van der Waals surface area contributed by atoms with Crippen molar-refractivity contribution in [2.45, 2.75) is 51.8 Å². The third-order valence-electron chi connectivity index (χ3n) is 4.97. The molecular weight excluding hydrogens is 452 g/mol. The van der Waals surface area contributed by atoms with Crippen molar-refractivity contribution in [3.63, 3.8) is 0 Å². The number of alkyl carbamates (subject to hydrolysis) is 1. The molecule has 9 heteroatoms. The lowest BCUT2D eigenvalue weighted by Gasteiger charge is -2.32.